The SMILES string of the molecule is Cc1c(C#N)c(SCC(=O)N2CCN(S(=O)(=O)c3ccc(Cl)s3)CC2)nc2c1CCC2. The van der Waals surface area contributed by atoms with E-state index >= 15 is 0 Å². The lowest BCUT2D eigenvalue weighted by Gasteiger charge is -2.33. The second kappa shape index (κ2) is 9.08. The van der Waals surface area contributed by atoms with Gasteiger partial charge in [0, 0.05) is 31.9 Å². The highest BCUT2D eigenvalue weighted by Crippen LogP contribution is 2.32. The molecule has 0 aromatic carbocycles. The van der Waals surface area contributed by atoms with Crippen LogP contribution in [0.2, 0.25) is 4.34 Å². The zero-order valence-electron chi connectivity index (χ0n) is 16.9. The molecule has 0 bridgehead atoms. The molecule has 0 saturated carbocycles. The van der Waals surface area contributed by atoms with Crippen LogP contribution in [-0.2, 0) is 27.7 Å². The van der Waals surface area contributed by atoms with Gasteiger partial charge in [-0.1, -0.05) is 23.4 Å². The molecule has 0 atom stereocenters. The van der Waals surface area contributed by atoms with Crippen LogP contribution in [0.1, 0.15) is 28.8 Å². The Hall–Kier alpha value is -1.64. The van der Waals surface area contributed by atoms with Crippen molar-refractivity contribution in [2.75, 3.05) is 31.9 Å². The van der Waals surface area contributed by atoms with Crippen molar-refractivity contribution in [2.45, 2.75) is 35.4 Å². The number of halogens is 1. The molecular weight excluding hydrogens is 476 g/mol. The molecule has 1 aliphatic carbocycles. The minimum atomic E-state index is -3.59. The molecule has 7 nitrogen and oxygen atoms in total. The first-order valence-electron chi connectivity index (χ1n) is 9.89. The Balaban J connectivity index is 1.37. The lowest BCUT2D eigenvalue weighted by Crippen LogP contribution is -2.50. The fraction of sp³-hybridized carbons (Fsp3) is 0.450. The Bertz CT molecular complexity index is 1170. The van der Waals surface area contributed by atoms with E-state index in [1.807, 2.05) is 6.92 Å². The van der Waals surface area contributed by atoms with E-state index in [2.05, 4.69) is 11.1 Å². The third-order valence-corrected chi connectivity index (χ3v) is 10.2. The first-order chi connectivity index (χ1) is 14.8. The van der Waals surface area contributed by atoms with Gasteiger partial charge in [0.05, 0.1) is 15.7 Å². The number of rotatable bonds is 5. The second-order valence-electron chi connectivity index (χ2n) is 7.44. The number of aromatic nitrogens is 1. The maximum atomic E-state index is 12.7. The smallest absolute Gasteiger partial charge is 0.252 e. The summed E-state index contributed by atoms with van der Waals surface area (Å²) in [4.78, 5) is 19.1. The minimum Gasteiger partial charge on any atom is -0.339 e. The quantitative estimate of drug-likeness (QED) is 0.590. The highest BCUT2D eigenvalue weighted by Gasteiger charge is 2.31. The zero-order chi connectivity index (χ0) is 22.2. The van der Waals surface area contributed by atoms with E-state index in [1.54, 1.807) is 11.0 Å². The fourth-order valence-electron chi connectivity index (χ4n) is 3.94. The molecule has 31 heavy (non-hydrogen) atoms. The summed E-state index contributed by atoms with van der Waals surface area (Å²) in [5.41, 5.74) is 3.76. The van der Waals surface area contributed by atoms with Crippen LogP contribution in [0, 0.1) is 18.3 Å². The average molecular weight is 497 g/mol. The van der Waals surface area contributed by atoms with Gasteiger partial charge >= 0.3 is 0 Å². The molecule has 1 amide bonds. The van der Waals surface area contributed by atoms with E-state index in [4.69, 9.17) is 11.6 Å². The van der Waals surface area contributed by atoms with Crippen LogP contribution in [0.3, 0.4) is 0 Å². The Morgan fingerprint density at radius 3 is 2.68 bits per heavy atom. The number of sulfonamides is 1. The summed E-state index contributed by atoms with van der Waals surface area (Å²) < 4.78 is 27.5. The lowest BCUT2D eigenvalue weighted by atomic mass is 10.0. The number of carbonyl (C=O) groups excluding carboxylic acids is 1. The maximum absolute atomic E-state index is 12.7. The Morgan fingerprint density at radius 1 is 1.29 bits per heavy atom. The summed E-state index contributed by atoms with van der Waals surface area (Å²) >= 11 is 8.20. The zero-order valence-corrected chi connectivity index (χ0v) is 20.1. The largest absolute Gasteiger partial charge is 0.339 e. The molecule has 1 fully saturated rings. The summed E-state index contributed by atoms with van der Waals surface area (Å²) in [6, 6.07) is 5.33. The van der Waals surface area contributed by atoms with Crippen molar-refractivity contribution >= 4 is 50.6 Å². The van der Waals surface area contributed by atoms with Crippen molar-refractivity contribution in [3.63, 3.8) is 0 Å². The molecule has 164 valence electrons. The van der Waals surface area contributed by atoms with Gasteiger partial charge in [0.15, 0.2) is 0 Å². The van der Waals surface area contributed by atoms with Gasteiger partial charge in [-0.05, 0) is 49.4 Å². The number of hydrogen-bond acceptors (Lipinski definition) is 7. The highest BCUT2D eigenvalue weighted by molar-refractivity contribution is 8.00. The highest BCUT2D eigenvalue weighted by atomic mass is 35.5. The standard InChI is InChI=1S/C20H21ClN4O3S3/c1-13-14-3-2-4-16(14)23-20(15(13)11-22)29-12-18(26)24-7-9-25(10-8-24)31(27,28)19-6-5-17(21)30-19/h5-6H,2-4,7-10,12H2,1H3. The third kappa shape index (κ3) is 4.47. The molecular formula is C20H21ClN4O3S3. The number of carbonyl (C=O) groups is 1. The maximum Gasteiger partial charge on any atom is 0.252 e. The van der Waals surface area contributed by atoms with Gasteiger partial charge < -0.3 is 4.90 Å². The van der Waals surface area contributed by atoms with Gasteiger partial charge in [-0.25, -0.2) is 13.4 Å². The second-order valence-corrected chi connectivity index (χ2v) is 12.3. The van der Waals surface area contributed by atoms with Crippen molar-refractivity contribution in [1.29, 1.82) is 5.26 Å². The summed E-state index contributed by atoms with van der Waals surface area (Å²) in [5.74, 6) is 0.0951. The predicted octanol–water partition coefficient (Wildman–Crippen LogP) is 3.09. The summed E-state index contributed by atoms with van der Waals surface area (Å²) in [5, 5.41) is 10.2. The van der Waals surface area contributed by atoms with Crippen LogP contribution in [-0.4, -0.2) is 60.4 Å². The minimum absolute atomic E-state index is 0.0787. The first-order valence-corrected chi connectivity index (χ1v) is 13.5. The molecule has 2 aliphatic rings. The molecule has 0 unspecified atom stereocenters. The van der Waals surface area contributed by atoms with Gasteiger partial charge in [0.2, 0.25) is 5.91 Å². The van der Waals surface area contributed by atoms with Gasteiger partial charge in [-0.15, -0.1) is 11.3 Å². The third-order valence-electron chi connectivity index (χ3n) is 5.64. The van der Waals surface area contributed by atoms with E-state index in [9.17, 15) is 18.5 Å². The number of hydrogen-bond donors (Lipinski definition) is 0. The fourth-order valence-corrected chi connectivity index (χ4v) is 7.96. The number of thioether (sulfide) groups is 1. The number of pyridine rings is 1. The van der Waals surface area contributed by atoms with Crippen LogP contribution in [0.5, 0.6) is 0 Å². The van der Waals surface area contributed by atoms with E-state index < -0.39 is 10.0 Å². The van der Waals surface area contributed by atoms with Crippen LogP contribution < -0.4 is 0 Å². The Morgan fingerprint density at radius 2 is 2.03 bits per heavy atom. The van der Waals surface area contributed by atoms with Crippen molar-refractivity contribution in [2.24, 2.45) is 0 Å². The van der Waals surface area contributed by atoms with E-state index in [0.717, 1.165) is 41.9 Å². The number of aryl methyl sites for hydroxylation is 1. The topological polar surface area (TPSA) is 94.4 Å². The van der Waals surface area contributed by atoms with Gasteiger partial charge in [0.25, 0.3) is 10.0 Å². The number of nitrogens with zero attached hydrogens (tertiary/aromatic N) is 4. The number of amides is 1. The number of nitriles is 1. The number of piperazine rings is 1. The van der Waals surface area contributed by atoms with E-state index in [1.165, 1.54) is 27.7 Å². The molecule has 1 saturated heterocycles. The molecule has 2 aromatic rings. The Kier molecular flexibility index (Phi) is 6.60. The van der Waals surface area contributed by atoms with E-state index in [0.29, 0.717) is 28.0 Å². The summed E-state index contributed by atoms with van der Waals surface area (Å²) in [7, 11) is -3.59. The molecule has 0 spiro atoms. The first kappa shape index (κ1) is 22.6. The molecule has 0 N–H and O–H groups in total. The normalized spacial score (nSPS) is 16.9. The molecule has 2 aromatic heterocycles. The van der Waals surface area contributed by atoms with Crippen molar-refractivity contribution < 1.29 is 13.2 Å². The number of fused-ring (bicyclic) bond motifs is 1. The summed E-state index contributed by atoms with van der Waals surface area (Å²) in [6.45, 7) is 3.11. The van der Waals surface area contributed by atoms with Gasteiger partial charge in [-0.3, -0.25) is 4.79 Å². The Labute approximate surface area is 195 Å². The summed E-state index contributed by atoms with van der Waals surface area (Å²) in [6.07, 6.45) is 2.92. The van der Waals surface area contributed by atoms with Crippen LogP contribution in [0.4, 0.5) is 0 Å². The van der Waals surface area contributed by atoms with Crippen LogP contribution >= 0.6 is 34.7 Å². The predicted molar refractivity (Wildman–Crippen MR) is 121 cm³/mol. The lowest BCUT2D eigenvalue weighted by molar-refractivity contribution is -0.129. The van der Waals surface area contributed by atoms with Crippen molar-refractivity contribution in [1.82, 2.24) is 14.2 Å². The monoisotopic (exact) mass is 496 g/mol. The van der Waals surface area contributed by atoms with Crippen LogP contribution in [0.25, 0.3) is 0 Å². The van der Waals surface area contributed by atoms with Crippen LogP contribution in [0.15, 0.2) is 21.4 Å². The number of thiophene rings is 1. The van der Waals surface area contributed by atoms with E-state index in [-0.39, 0.29) is 29.0 Å². The molecule has 3 heterocycles. The average Bonchev–Trinajstić information content (AvgIpc) is 3.41. The van der Waals surface area contributed by atoms with Crippen molar-refractivity contribution in [3.05, 3.63) is 38.9 Å². The van der Waals surface area contributed by atoms with Gasteiger partial charge in [0.1, 0.15) is 15.3 Å². The molecule has 1 aliphatic heterocycles. The molecule has 11 heteroatoms. The van der Waals surface area contributed by atoms with Gasteiger partial charge in [-0.2, -0.15) is 9.57 Å². The van der Waals surface area contributed by atoms with Crippen molar-refractivity contribution in [3.8, 4) is 6.07 Å². The molecule has 0 radical (unpaired) electrons. The molecule has 4 rings (SSSR count).